The molecule has 2 N–H and O–H groups in total. The second-order valence-corrected chi connectivity index (χ2v) is 9.33. The van der Waals surface area contributed by atoms with Crippen LogP contribution < -0.4 is 15.6 Å². The molecule has 1 amide bonds. The summed E-state index contributed by atoms with van der Waals surface area (Å²) in [4.78, 5) is 34.5. The summed E-state index contributed by atoms with van der Waals surface area (Å²) in [5.41, 5.74) is 3.66. The molecular formula is C26H21ClN4O3S. The number of aromatic nitrogens is 3. The molecule has 9 heteroatoms. The van der Waals surface area contributed by atoms with Crippen molar-refractivity contribution in [3.63, 3.8) is 0 Å². The lowest BCUT2D eigenvalue weighted by Gasteiger charge is -2.15. The fraction of sp³-hybridized carbons (Fsp3) is 0.115. The predicted molar refractivity (Wildman–Crippen MR) is 141 cm³/mol. The first-order valence-electron chi connectivity index (χ1n) is 10.8. The Balaban J connectivity index is 1.60. The zero-order chi connectivity index (χ0) is 24.5. The highest BCUT2D eigenvalue weighted by Gasteiger charge is 2.20. The molecule has 0 spiro atoms. The Bertz CT molecular complexity index is 1630. The average Bonchev–Trinajstić information content (AvgIpc) is 3.23. The van der Waals surface area contributed by atoms with Gasteiger partial charge in [-0.2, -0.15) is 0 Å². The predicted octanol–water partition coefficient (Wildman–Crippen LogP) is 5.57. The minimum atomic E-state index is -0.268. The third-order valence-electron chi connectivity index (χ3n) is 5.53. The van der Waals surface area contributed by atoms with Crippen LogP contribution in [0.25, 0.3) is 27.6 Å². The topological polar surface area (TPSA) is 89.0 Å². The number of anilines is 1. The van der Waals surface area contributed by atoms with Crippen LogP contribution in [0.4, 0.5) is 5.69 Å². The Morgan fingerprint density at radius 1 is 1.14 bits per heavy atom. The summed E-state index contributed by atoms with van der Waals surface area (Å²) < 4.78 is 7.06. The van der Waals surface area contributed by atoms with Gasteiger partial charge in [-0.25, -0.2) is 9.55 Å². The number of thioether (sulfide) groups is 1. The molecule has 0 unspecified atom stereocenters. The van der Waals surface area contributed by atoms with E-state index in [2.05, 4.69) is 10.3 Å². The molecule has 0 saturated heterocycles. The second kappa shape index (κ2) is 9.48. The number of ether oxygens (including phenoxy) is 1. The molecule has 0 saturated carbocycles. The van der Waals surface area contributed by atoms with Crippen molar-refractivity contribution >= 4 is 56.9 Å². The number of H-pyrrole nitrogens is 1. The molecule has 0 aliphatic carbocycles. The number of fused-ring (bicyclic) bond motifs is 3. The molecule has 3 aromatic carbocycles. The SMILES string of the molecule is COc1ccc(C)cc1-n1c(SCC(=O)Nc2ccc(Cl)cc2)nc2c([nH]c3ccccc32)c1=O. The van der Waals surface area contributed by atoms with E-state index in [0.717, 1.165) is 16.5 Å². The van der Waals surface area contributed by atoms with E-state index in [0.29, 0.717) is 38.3 Å². The van der Waals surface area contributed by atoms with Gasteiger partial charge in [0, 0.05) is 21.6 Å². The minimum Gasteiger partial charge on any atom is -0.495 e. The number of aromatic amines is 1. The summed E-state index contributed by atoms with van der Waals surface area (Å²) in [6, 6.07) is 20.1. The van der Waals surface area contributed by atoms with E-state index in [1.54, 1.807) is 31.4 Å². The van der Waals surface area contributed by atoms with Gasteiger partial charge in [0.05, 0.1) is 18.6 Å². The van der Waals surface area contributed by atoms with E-state index < -0.39 is 0 Å². The van der Waals surface area contributed by atoms with Crippen molar-refractivity contribution in [1.29, 1.82) is 0 Å². The minimum absolute atomic E-state index is 0.0526. The molecule has 5 aromatic rings. The molecule has 0 bridgehead atoms. The number of halogens is 1. The maximum Gasteiger partial charge on any atom is 0.283 e. The summed E-state index contributed by atoms with van der Waals surface area (Å²) in [5, 5.41) is 4.66. The van der Waals surface area contributed by atoms with E-state index in [4.69, 9.17) is 21.3 Å². The van der Waals surface area contributed by atoms with Gasteiger partial charge in [0.2, 0.25) is 5.91 Å². The van der Waals surface area contributed by atoms with E-state index in [9.17, 15) is 9.59 Å². The molecular weight excluding hydrogens is 484 g/mol. The van der Waals surface area contributed by atoms with Gasteiger partial charge in [-0.05, 0) is 55.0 Å². The van der Waals surface area contributed by atoms with Crippen LogP contribution in [0.3, 0.4) is 0 Å². The number of hydrogen-bond acceptors (Lipinski definition) is 5. The van der Waals surface area contributed by atoms with Crippen molar-refractivity contribution in [1.82, 2.24) is 14.5 Å². The van der Waals surface area contributed by atoms with Crippen LogP contribution in [0.5, 0.6) is 5.75 Å². The highest BCUT2D eigenvalue weighted by Crippen LogP contribution is 2.30. The van der Waals surface area contributed by atoms with Gasteiger partial charge in [0.25, 0.3) is 5.56 Å². The van der Waals surface area contributed by atoms with Gasteiger partial charge in [-0.15, -0.1) is 0 Å². The van der Waals surface area contributed by atoms with Crippen LogP contribution in [0.15, 0.2) is 76.7 Å². The third-order valence-corrected chi connectivity index (χ3v) is 6.72. The van der Waals surface area contributed by atoms with Crippen LogP contribution in [-0.2, 0) is 4.79 Å². The zero-order valence-corrected chi connectivity index (χ0v) is 20.5. The number of aryl methyl sites for hydroxylation is 1. The molecule has 35 heavy (non-hydrogen) atoms. The molecule has 2 aromatic heterocycles. The lowest BCUT2D eigenvalue weighted by Crippen LogP contribution is -2.23. The van der Waals surface area contributed by atoms with Crippen LogP contribution in [0, 0.1) is 6.92 Å². The van der Waals surface area contributed by atoms with Crippen molar-refractivity contribution in [3.05, 3.63) is 87.7 Å². The number of nitrogens with zero attached hydrogens (tertiary/aromatic N) is 2. The van der Waals surface area contributed by atoms with Gasteiger partial charge in [0.1, 0.15) is 16.8 Å². The van der Waals surface area contributed by atoms with Crippen LogP contribution >= 0.6 is 23.4 Å². The summed E-state index contributed by atoms with van der Waals surface area (Å²) in [6.07, 6.45) is 0. The molecule has 0 aliphatic heterocycles. The Morgan fingerprint density at radius 3 is 2.69 bits per heavy atom. The quantitative estimate of drug-likeness (QED) is 0.233. The second-order valence-electron chi connectivity index (χ2n) is 7.95. The molecule has 0 atom stereocenters. The molecule has 0 fully saturated rings. The monoisotopic (exact) mass is 504 g/mol. The first-order chi connectivity index (χ1) is 16.9. The Labute approximate surface area is 210 Å². The normalized spacial score (nSPS) is 11.2. The van der Waals surface area contributed by atoms with Crippen molar-refractivity contribution in [3.8, 4) is 11.4 Å². The van der Waals surface area contributed by atoms with Crippen molar-refractivity contribution in [2.45, 2.75) is 12.1 Å². The lowest BCUT2D eigenvalue weighted by molar-refractivity contribution is -0.113. The van der Waals surface area contributed by atoms with Gasteiger partial charge >= 0.3 is 0 Å². The summed E-state index contributed by atoms with van der Waals surface area (Å²) >= 11 is 7.11. The number of benzene rings is 3. The van der Waals surface area contributed by atoms with Crippen molar-refractivity contribution < 1.29 is 9.53 Å². The molecule has 5 rings (SSSR count). The van der Waals surface area contributed by atoms with Crippen molar-refractivity contribution in [2.24, 2.45) is 0 Å². The van der Waals surface area contributed by atoms with Crippen LogP contribution in [0.1, 0.15) is 5.56 Å². The number of amides is 1. The maximum atomic E-state index is 13.8. The van der Waals surface area contributed by atoms with E-state index >= 15 is 0 Å². The smallest absolute Gasteiger partial charge is 0.283 e. The number of para-hydroxylation sites is 1. The van der Waals surface area contributed by atoms with Gasteiger partial charge in [0.15, 0.2) is 5.16 Å². The highest BCUT2D eigenvalue weighted by atomic mass is 35.5. The molecule has 0 radical (unpaired) electrons. The Kier molecular flexibility index (Phi) is 6.23. The molecule has 7 nitrogen and oxygen atoms in total. The van der Waals surface area contributed by atoms with E-state index in [-0.39, 0.29) is 17.2 Å². The van der Waals surface area contributed by atoms with E-state index in [1.165, 1.54) is 16.3 Å². The van der Waals surface area contributed by atoms with Gasteiger partial charge in [-0.3, -0.25) is 9.59 Å². The number of carbonyl (C=O) groups excluding carboxylic acids is 1. The summed E-state index contributed by atoms with van der Waals surface area (Å²) in [7, 11) is 1.56. The number of rotatable bonds is 6. The first-order valence-corrected chi connectivity index (χ1v) is 12.2. The average molecular weight is 505 g/mol. The van der Waals surface area contributed by atoms with Crippen LogP contribution in [-0.4, -0.2) is 33.3 Å². The fourth-order valence-corrected chi connectivity index (χ4v) is 4.81. The highest BCUT2D eigenvalue weighted by molar-refractivity contribution is 7.99. The lowest BCUT2D eigenvalue weighted by atomic mass is 10.2. The standard InChI is InChI=1S/C26H21ClN4O3S/c1-15-7-12-21(34-2)20(13-15)31-25(33)24-23(18-5-3-4-6-19(18)29-24)30-26(31)35-14-22(32)28-17-10-8-16(27)9-11-17/h3-13,29H,14H2,1-2H3,(H,28,32). The molecule has 176 valence electrons. The molecule has 2 heterocycles. The largest absolute Gasteiger partial charge is 0.495 e. The number of hydrogen-bond donors (Lipinski definition) is 2. The van der Waals surface area contributed by atoms with Gasteiger partial charge < -0.3 is 15.0 Å². The fourth-order valence-electron chi connectivity index (χ4n) is 3.89. The first kappa shape index (κ1) is 23.0. The Morgan fingerprint density at radius 2 is 1.91 bits per heavy atom. The number of carbonyl (C=O) groups is 1. The molecule has 0 aliphatic rings. The number of methoxy groups -OCH3 is 1. The van der Waals surface area contributed by atoms with Crippen LogP contribution in [0.2, 0.25) is 5.02 Å². The summed E-state index contributed by atoms with van der Waals surface area (Å²) in [6.45, 7) is 1.94. The van der Waals surface area contributed by atoms with E-state index in [1.807, 2.05) is 49.4 Å². The Hall–Kier alpha value is -3.75. The number of nitrogens with one attached hydrogen (secondary N) is 2. The zero-order valence-electron chi connectivity index (χ0n) is 19.0. The van der Waals surface area contributed by atoms with Gasteiger partial charge in [-0.1, -0.05) is 47.6 Å². The maximum absolute atomic E-state index is 13.8. The van der Waals surface area contributed by atoms with Crippen molar-refractivity contribution in [2.75, 3.05) is 18.2 Å². The summed E-state index contributed by atoms with van der Waals surface area (Å²) in [5.74, 6) is 0.354. The third kappa shape index (κ3) is 4.50.